The van der Waals surface area contributed by atoms with Gasteiger partial charge in [-0.05, 0) is 37.0 Å². The van der Waals surface area contributed by atoms with Crippen LogP contribution in [0.2, 0.25) is 0 Å². The Morgan fingerprint density at radius 1 is 1.23 bits per heavy atom. The van der Waals surface area contributed by atoms with Crippen molar-refractivity contribution >= 4 is 0 Å². The quantitative estimate of drug-likeness (QED) is 0.750. The lowest BCUT2D eigenvalue weighted by Gasteiger charge is -2.08. The molecule has 0 heterocycles. The highest BCUT2D eigenvalue weighted by molar-refractivity contribution is 5.44. The van der Waals surface area contributed by atoms with E-state index in [0.717, 1.165) is 30.4 Å². The van der Waals surface area contributed by atoms with Crippen LogP contribution in [0.1, 0.15) is 30.9 Å². The van der Waals surface area contributed by atoms with Gasteiger partial charge in [-0.15, -0.1) is 0 Å². The molecule has 0 atom stereocenters. The lowest BCUT2D eigenvalue weighted by atomic mass is 10.0. The zero-order valence-electron chi connectivity index (χ0n) is 8.17. The number of unbranched alkanes of at least 4 members (excludes halogenated alkanes) is 1. The monoisotopic (exact) mass is 180 g/mol. The molecule has 1 rings (SSSR count). The first-order valence-corrected chi connectivity index (χ1v) is 4.66. The smallest absolute Gasteiger partial charge is 0.122 e. The van der Waals surface area contributed by atoms with Crippen molar-refractivity contribution in [1.29, 1.82) is 0 Å². The van der Waals surface area contributed by atoms with Gasteiger partial charge < -0.3 is 10.2 Å². The Balaban J connectivity index is 2.92. The van der Waals surface area contributed by atoms with E-state index in [1.165, 1.54) is 6.07 Å². The number of benzene rings is 1. The highest BCUT2D eigenvalue weighted by Gasteiger charge is 2.05. The minimum Gasteiger partial charge on any atom is -0.508 e. The van der Waals surface area contributed by atoms with E-state index in [2.05, 4.69) is 6.92 Å². The maximum absolute atomic E-state index is 9.54. The van der Waals surface area contributed by atoms with Crippen LogP contribution in [0.15, 0.2) is 12.1 Å². The second-order valence-electron chi connectivity index (χ2n) is 3.36. The Bertz CT molecular complexity index is 269. The Labute approximate surface area is 78.8 Å². The summed E-state index contributed by atoms with van der Waals surface area (Å²) in [6.45, 7) is 4.03. The fourth-order valence-corrected chi connectivity index (χ4v) is 1.46. The van der Waals surface area contributed by atoms with E-state index in [1.807, 2.05) is 6.92 Å². The molecule has 0 radical (unpaired) electrons. The normalized spacial score (nSPS) is 10.3. The third kappa shape index (κ3) is 2.38. The van der Waals surface area contributed by atoms with Crippen molar-refractivity contribution in [3.8, 4) is 11.5 Å². The SMILES string of the molecule is CCCCc1c(C)cc(O)cc1O. The summed E-state index contributed by atoms with van der Waals surface area (Å²) >= 11 is 0. The van der Waals surface area contributed by atoms with Gasteiger partial charge in [0.1, 0.15) is 11.5 Å². The molecule has 2 N–H and O–H groups in total. The zero-order chi connectivity index (χ0) is 9.84. The summed E-state index contributed by atoms with van der Waals surface area (Å²) in [5, 5.41) is 18.7. The third-order valence-corrected chi connectivity index (χ3v) is 2.21. The second kappa shape index (κ2) is 4.17. The Morgan fingerprint density at radius 2 is 1.92 bits per heavy atom. The van der Waals surface area contributed by atoms with E-state index < -0.39 is 0 Å². The van der Waals surface area contributed by atoms with E-state index in [1.54, 1.807) is 6.07 Å². The van der Waals surface area contributed by atoms with Crippen molar-refractivity contribution in [1.82, 2.24) is 0 Å². The Morgan fingerprint density at radius 3 is 2.46 bits per heavy atom. The van der Waals surface area contributed by atoms with Gasteiger partial charge in [0.2, 0.25) is 0 Å². The predicted molar refractivity (Wildman–Crippen MR) is 53.1 cm³/mol. The van der Waals surface area contributed by atoms with Crippen molar-refractivity contribution < 1.29 is 10.2 Å². The van der Waals surface area contributed by atoms with E-state index in [0.29, 0.717) is 0 Å². The summed E-state index contributed by atoms with van der Waals surface area (Å²) in [5.74, 6) is 0.348. The van der Waals surface area contributed by atoms with Crippen molar-refractivity contribution in [2.75, 3.05) is 0 Å². The number of hydrogen-bond donors (Lipinski definition) is 2. The molecule has 0 aromatic heterocycles. The van der Waals surface area contributed by atoms with Gasteiger partial charge in [0, 0.05) is 6.07 Å². The summed E-state index contributed by atoms with van der Waals surface area (Å²) in [5.41, 5.74) is 1.92. The first-order chi connectivity index (χ1) is 6.15. The molecular formula is C11H16O2. The van der Waals surface area contributed by atoms with Gasteiger partial charge in [-0.2, -0.15) is 0 Å². The van der Waals surface area contributed by atoms with Crippen LogP contribution in [0.3, 0.4) is 0 Å². The number of aryl methyl sites for hydroxylation is 1. The average Bonchev–Trinajstić information content (AvgIpc) is 2.02. The molecule has 0 aliphatic rings. The Kier molecular flexibility index (Phi) is 3.18. The highest BCUT2D eigenvalue weighted by Crippen LogP contribution is 2.27. The van der Waals surface area contributed by atoms with Gasteiger partial charge in [-0.25, -0.2) is 0 Å². The molecule has 0 aliphatic carbocycles. The molecule has 13 heavy (non-hydrogen) atoms. The Hall–Kier alpha value is -1.18. The molecule has 0 amide bonds. The van der Waals surface area contributed by atoms with Gasteiger partial charge in [-0.3, -0.25) is 0 Å². The van der Waals surface area contributed by atoms with Gasteiger partial charge in [0.25, 0.3) is 0 Å². The summed E-state index contributed by atoms with van der Waals surface area (Å²) in [7, 11) is 0. The average molecular weight is 180 g/mol. The fourth-order valence-electron chi connectivity index (χ4n) is 1.46. The predicted octanol–water partition coefficient (Wildman–Crippen LogP) is 2.75. The molecule has 0 bridgehead atoms. The fraction of sp³-hybridized carbons (Fsp3) is 0.455. The molecule has 72 valence electrons. The van der Waals surface area contributed by atoms with Crippen LogP contribution >= 0.6 is 0 Å². The van der Waals surface area contributed by atoms with E-state index in [9.17, 15) is 10.2 Å². The minimum atomic E-state index is 0.134. The van der Waals surface area contributed by atoms with Crippen LogP contribution in [-0.4, -0.2) is 10.2 Å². The lowest BCUT2D eigenvalue weighted by molar-refractivity contribution is 0.444. The molecule has 1 aromatic carbocycles. The molecule has 0 spiro atoms. The maximum Gasteiger partial charge on any atom is 0.122 e. The van der Waals surface area contributed by atoms with Crippen molar-refractivity contribution in [3.63, 3.8) is 0 Å². The molecule has 1 aromatic rings. The number of hydrogen-bond acceptors (Lipinski definition) is 2. The molecule has 0 saturated heterocycles. The largest absolute Gasteiger partial charge is 0.508 e. The van der Waals surface area contributed by atoms with Gasteiger partial charge in [0.15, 0.2) is 0 Å². The maximum atomic E-state index is 9.54. The van der Waals surface area contributed by atoms with Crippen molar-refractivity contribution in [2.24, 2.45) is 0 Å². The lowest BCUT2D eigenvalue weighted by Crippen LogP contribution is -1.90. The summed E-state index contributed by atoms with van der Waals surface area (Å²) in [6.07, 6.45) is 3.06. The topological polar surface area (TPSA) is 40.5 Å². The van der Waals surface area contributed by atoms with Gasteiger partial charge >= 0.3 is 0 Å². The molecule has 0 aliphatic heterocycles. The molecule has 2 heteroatoms. The van der Waals surface area contributed by atoms with Crippen molar-refractivity contribution in [3.05, 3.63) is 23.3 Å². The molecular weight excluding hydrogens is 164 g/mol. The summed E-state index contributed by atoms with van der Waals surface area (Å²) < 4.78 is 0. The van der Waals surface area contributed by atoms with E-state index in [4.69, 9.17) is 0 Å². The van der Waals surface area contributed by atoms with Crippen LogP contribution < -0.4 is 0 Å². The standard InChI is InChI=1S/C11H16O2/c1-3-4-5-10-8(2)6-9(12)7-11(10)13/h6-7,12-13H,3-5H2,1-2H3. The van der Waals surface area contributed by atoms with E-state index in [-0.39, 0.29) is 11.5 Å². The van der Waals surface area contributed by atoms with Crippen LogP contribution in [-0.2, 0) is 6.42 Å². The first kappa shape index (κ1) is 9.90. The van der Waals surface area contributed by atoms with Crippen LogP contribution in [0.5, 0.6) is 11.5 Å². The molecule has 0 saturated carbocycles. The number of aromatic hydroxyl groups is 2. The second-order valence-corrected chi connectivity index (χ2v) is 3.36. The zero-order valence-corrected chi connectivity index (χ0v) is 8.17. The summed E-state index contributed by atoms with van der Waals surface area (Å²) in [6, 6.07) is 3.09. The van der Waals surface area contributed by atoms with Crippen LogP contribution in [0.4, 0.5) is 0 Å². The first-order valence-electron chi connectivity index (χ1n) is 4.66. The number of rotatable bonds is 3. The van der Waals surface area contributed by atoms with Crippen LogP contribution in [0.25, 0.3) is 0 Å². The number of phenols is 2. The molecule has 0 fully saturated rings. The third-order valence-electron chi connectivity index (χ3n) is 2.21. The highest BCUT2D eigenvalue weighted by atomic mass is 16.3. The van der Waals surface area contributed by atoms with Gasteiger partial charge in [-0.1, -0.05) is 13.3 Å². The summed E-state index contributed by atoms with van der Waals surface area (Å²) in [4.78, 5) is 0. The number of phenolic OH excluding ortho intramolecular Hbond substituents is 2. The van der Waals surface area contributed by atoms with Crippen molar-refractivity contribution in [2.45, 2.75) is 33.1 Å². The van der Waals surface area contributed by atoms with Crippen LogP contribution in [0, 0.1) is 6.92 Å². The van der Waals surface area contributed by atoms with Gasteiger partial charge in [0.05, 0.1) is 0 Å². The minimum absolute atomic E-state index is 0.134. The van der Waals surface area contributed by atoms with E-state index >= 15 is 0 Å². The molecule has 0 unspecified atom stereocenters. The molecule has 2 nitrogen and oxygen atoms in total.